The maximum atomic E-state index is 13.8. The highest BCUT2D eigenvalue weighted by atomic mass is 16.5. The van der Waals surface area contributed by atoms with E-state index in [-0.39, 0.29) is 53.9 Å². The normalized spacial score (nSPS) is 54.7. The number of fused-ring (bicyclic) bond motifs is 2. The maximum Gasteiger partial charge on any atom is 0.310 e. The van der Waals surface area contributed by atoms with Gasteiger partial charge >= 0.3 is 11.9 Å². The minimum atomic E-state index is -0.283. The molecule has 212 valence electrons. The quantitative estimate of drug-likeness (QED) is 0.342. The van der Waals surface area contributed by atoms with Crippen LogP contribution >= 0.6 is 0 Å². The van der Waals surface area contributed by atoms with Crippen molar-refractivity contribution >= 4 is 11.9 Å². The van der Waals surface area contributed by atoms with Gasteiger partial charge in [0.2, 0.25) is 0 Å². The van der Waals surface area contributed by atoms with E-state index in [1.807, 2.05) is 0 Å². The molecule has 0 radical (unpaired) electrons. The van der Waals surface area contributed by atoms with Gasteiger partial charge in [0.1, 0.15) is 0 Å². The lowest BCUT2D eigenvalue weighted by atomic mass is 9.50. The molecular weight excluding hydrogens is 472 g/mol. The lowest BCUT2D eigenvalue weighted by Crippen LogP contribution is -2.50. The monoisotopic (exact) mass is 524 g/mol. The number of esters is 2. The Morgan fingerprint density at radius 2 is 0.842 bits per heavy atom. The summed E-state index contributed by atoms with van der Waals surface area (Å²) in [5.41, 5.74) is 0.463. The average Bonchev–Trinajstić information content (AvgIpc) is 3.36. The van der Waals surface area contributed by atoms with Crippen molar-refractivity contribution in [3.63, 3.8) is 0 Å². The van der Waals surface area contributed by atoms with Gasteiger partial charge in [-0.15, -0.1) is 0 Å². The van der Waals surface area contributed by atoms with Crippen LogP contribution in [0.15, 0.2) is 0 Å². The van der Waals surface area contributed by atoms with Crippen LogP contribution in [0.1, 0.15) is 105 Å². The molecule has 10 bridgehead atoms. The molecule has 10 aliphatic carbocycles. The summed E-state index contributed by atoms with van der Waals surface area (Å²) in [6, 6.07) is 0. The zero-order valence-electron chi connectivity index (χ0n) is 23.2. The van der Waals surface area contributed by atoms with Crippen LogP contribution < -0.4 is 0 Å². The zero-order valence-corrected chi connectivity index (χ0v) is 23.2. The highest BCUT2D eigenvalue weighted by molar-refractivity contribution is 5.84. The van der Waals surface area contributed by atoms with Crippen LogP contribution in [0.2, 0.25) is 0 Å². The standard InChI is InChI=1S/C33H48O4.CH4/c1-18-19(2)27-9-26(18)28(30(34)36-16-32-10-20-3-21(11-32)5-22(4-20)12-32)29(27)31(35)37-17-33-13-23-6-24(14-33)8-25(7-23)15-33;/h18-29H,3-17H2,1-2H3;1H4/t18?,19?,20?,21?,22?,23?,24?,25?,26?,27?,28-,29+,32?,33?;. The van der Waals surface area contributed by atoms with Crippen molar-refractivity contribution in [1.82, 2.24) is 0 Å². The maximum absolute atomic E-state index is 13.8. The van der Waals surface area contributed by atoms with Gasteiger partial charge in [-0.25, -0.2) is 0 Å². The SMILES string of the molecule is C.CC1C(C)C2CC1[C@@H](C(=O)OCC13CC4CC(CC(C4)C1)C3)[C@H]2C(=O)OCC12CC3CC(CC(C3)C1)C2. The molecule has 0 aromatic heterocycles. The van der Waals surface area contributed by atoms with Crippen molar-refractivity contribution in [2.24, 2.45) is 81.8 Å². The Morgan fingerprint density at radius 3 is 1.13 bits per heavy atom. The number of rotatable bonds is 6. The van der Waals surface area contributed by atoms with Gasteiger partial charge in [-0.1, -0.05) is 21.3 Å². The van der Waals surface area contributed by atoms with Crippen LogP contribution in [0.5, 0.6) is 0 Å². The fraction of sp³-hybridized carbons (Fsp3) is 0.941. The number of hydrogen-bond acceptors (Lipinski definition) is 4. The molecule has 0 aromatic rings. The molecule has 6 atom stereocenters. The second-order valence-corrected chi connectivity index (χ2v) is 16.4. The summed E-state index contributed by atoms with van der Waals surface area (Å²) in [4.78, 5) is 27.6. The van der Waals surface area contributed by atoms with Crippen molar-refractivity contribution in [3.05, 3.63) is 0 Å². The summed E-state index contributed by atoms with van der Waals surface area (Å²) in [6.45, 7) is 5.79. The molecule has 4 nitrogen and oxygen atoms in total. The third-order valence-electron chi connectivity index (χ3n) is 13.9. The smallest absolute Gasteiger partial charge is 0.310 e. The lowest BCUT2D eigenvalue weighted by Gasteiger charge is -2.56. The molecule has 0 aromatic carbocycles. The van der Waals surface area contributed by atoms with Crippen LogP contribution in [0.4, 0.5) is 0 Å². The molecule has 0 aliphatic heterocycles. The second-order valence-electron chi connectivity index (χ2n) is 16.4. The van der Waals surface area contributed by atoms with E-state index in [1.165, 1.54) is 77.0 Å². The van der Waals surface area contributed by atoms with Gasteiger partial charge in [0.05, 0.1) is 25.0 Å². The Labute approximate surface area is 230 Å². The van der Waals surface area contributed by atoms with E-state index in [4.69, 9.17) is 9.47 Å². The number of carbonyl (C=O) groups is 2. The second kappa shape index (κ2) is 8.97. The molecule has 10 aliphatic rings. The van der Waals surface area contributed by atoms with E-state index in [9.17, 15) is 9.59 Å². The van der Waals surface area contributed by atoms with E-state index < -0.39 is 0 Å². The third kappa shape index (κ3) is 3.95. The molecule has 0 heterocycles. The van der Waals surface area contributed by atoms with Gasteiger partial charge < -0.3 is 9.47 Å². The highest BCUT2D eigenvalue weighted by Gasteiger charge is 2.62. The van der Waals surface area contributed by atoms with Crippen molar-refractivity contribution in [2.45, 2.75) is 105 Å². The van der Waals surface area contributed by atoms with Gasteiger partial charge in [-0.05, 0) is 143 Å². The van der Waals surface area contributed by atoms with Crippen LogP contribution in [0, 0.1) is 81.8 Å². The number of hydrogen-bond donors (Lipinski definition) is 0. The molecule has 0 N–H and O–H groups in total. The molecule has 4 heteroatoms. The van der Waals surface area contributed by atoms with E-state index in [1.54, 1.807) is 0 Å². The lowest BCUT2D eigenvalue weighted by molar-refractivity contribution is -0.176. The van der Waals surface area contributed by atoms with Gasteiger partial charge in [-0.2, -0.15) is 0 Å². The first-order valence-electron chi connectivity index (χ1n) is 16.1. The van der Waals surface area contributed by atoms with Crippen LogP contribution in [-0.2, 0) is 19.1 Å². The third-order valence-corrected chi connectivity index (χ3v) is 13.9. The molecule has 0 amide bonds. The molecule has 38 heavy (non-hydrogen) atoms. The minimum Gasteiger partial charge on any atom is -0.465 e. The van der Waals surface area contributed by atoms with Crippen molar-refractivity contribution in [2.75, 3.05) is 13.2 Å². The summed E-state index contributed by atoms with van der Waals surface area (Å²) >= 11 is 0. The van der Waals surface area contributed by atoms with Crippen LogP contribution in [-0.4, -0.2) is 25.2 Å². The summed E-state index contributed by atoms with van der Waals surface area (Å²) in [5.74, 6) is 5.98. The Kier molecular flexibility index (Phi) is 6.11. The summed E-state index contributed by atoms with van der Waals surface area (Å²) in [7, 11) is 0. The first kappa shape index (κ1) is 25.9. The largest absolute Gasteiger partial charge is 0.465 e. The summed E-state index contributed by atoms with van der Waals surface area (Å²) < 4.78 is 12.5. The van der Waals surface area contributed by atoms with Crippen LogP contribution in [0.25, 0.3) is 0 Å². The number of ether oxygens (including phenoxy) is 2. The Morgan fingerprint density at radius 1 is 0.553 bits per heavy atom. The van der Waals surface area contributed by atoms with Gasteiger partial charge in [0, 0.05) is 10.8 Å². The first-order valence-corrected chi connectivity index (χ1v) is 16.1. The average molecular weight is 525 g/mol. The van der Waals surface area contributed by atoms with Gasteiger partial charge in [-0.3, -0.25) is 9.59 Å². The molecule has 10 saturated carbocycles. The topological polar surface area (TPSA) is 52.6 Å². The molecule has 10 fully saturated rings. The van der Waals surface area contributed by atoms with Crippen molar-refractivity contribution in [3.8, 4) is 0 Å². The Bertz CT molecular complexity index is 821. The fourth-order valence-electron chi connectivity index (χ4n) is 13.2. The highest BCUT2D eigenvalue weighted by Crippen LogP contribution is 2.63. The van der Waals surface area contributed by atoms with E-state index in [0.29, 0.717) is 25.0 Å². The minimum absolute atomic E-state index is 0. The van der Waals surface area contributed by atoms with E-state index in [2.05, 4.69) is 13.8 Å². The molecule has 0 spiro atoms. The zero-order chi connectivity index (χ0) is 25.1. The molecular formula is C34H52O4. The van der Waals surface area contributed by atoms with Crippen molar-refractivity contribution < 1.29 is 19.1 Å². The van der Waals surface area contributed by atoms with Gasteiger partial charge in [0.15, 0.2) is 0 Å². The van der Waals surface area contributed by atoms with Crippen LogP contribution in [0.3, 0.4) is 0 Å². The predicted molar refractivity (Wildman–Crippen MR) is 147 cm³/mol. The molecule has 0 saturated heterocycles. The Balaban J connectivity index is 0.00000242. The predicted octanol–water partition coefficient (Wildman–Crippen LogP) is 7.30. The number of carbonyl (C=O) groups excluding carboxylic acids is 2. The fourth-order valence-corrected chi connectivity index (χ4v) is 13.2. The Hall–Kier alpha value is -1.06. The van der Waals surface area contributed by atoms with E-state index >= 15 is 0 Å². The molecule has 4 unspecified atom stereocenters. The summed E-state index contributed by atoms with van der Waals surface area (Å²) in [6.07, 6.45) is 17.0. The summed E-state index contributed by atoms with van der Waals surface area (Å²) in [5, 5.41) is 0. The molecule has 10 rings (SSSR count). The first-order chi connectivity index (χ1) is 17.8. The van der Waals surface area contributed by atoms with Crippen molar-refractivity contribution in [1.29, 1.82) is 0 Å². The van der Waals surface area contributed by atoms with Gasteiger partial charge in [0.25, 0.3) is 0 Å². The van der Waals surface area contributed by atoms with E-state index in [0.717, 1.165) is 41.9 Å².